The van der Waals surface area contributed by atoms with Crippen LogP contribution in [-0.4, -0.2) is 41.0 Å². The molecule has 10 heteroatoms. The molecule has 1 saturated heterocycles. The van der Waals surface area contributed by atoms with Gasteiger partial charge < -0.3 is 19.6 Å². The van der Waals surface area contributed by atoms with E-state index in [1.54, 1.807) is 18.2 Å². The van der Waals surface area contributed by atoms with Gasteiger partial charge in [0, 0.05) is 5.56 Å². The van der Waals surface area contributed by atoms with Gasteiger partial charge in [0.1, 0.15) is 5.76 Å². The molecule has 188 valence electrons. The maximum Gasteiger partial charge on any atom is 0.302 e. The maximum absolute atomic E-state index is 13.4. The highest BCUT2D eigenvalue weighted by Crippen LogP contribution is 2.44. The summed E-state index contributed by atoms with van der Waals surface area (Å²) in [5.74, 6) is -1.11. The van der Waals surface area contributed by atoms with Gasteiger partial charge in [-0.15, -0.1) is 0 Å². The Bertz CT molecular complexity index is 1610. The number of fused-ring (bicyclic) bond motifs is 1. The second-order valence-electron chi connectivity index (χ2n) is 8.49. The summed E-state index contributed by atoms with van der Waals surface area (Å²) in [6, 6.07) is 14.0. The minimum absolute atomic E-state index is 0.132. The van der Waals surface area contributed by atoms with E-state index in [1.807, 2.05) is 25.1 Å². The highest BCUT2D eigenvalue weighted by atomic mass is 35.5. The topological polar surface area (TPSA) is 105 Å². The van der Waals surface area contributed by atoms with Crippen LogP contribution < -0.4 is 14.4 Å². The number of hydrogen-bond donors (Lipinski definition) is 2. The third-order valence-corrected chi connectivity index (χ3v) is 6.95. The number of aliphatic hydroxyl groups is 1. The number of carbonyl (C=O) groups excluding carboxylic acids is 2. The van der Waals surface area contributed by atoms with Crippen LogP contribution in [0.15, 0.2) is 60.2 Å². The number of aryl methyl sites for hydroxylation is 1. The molecule has 1 aliphatic heterocycles. The maximum atomic E-state index is 13.4. The van der Waals surface area contributed by atoms with Gasteiger partial charge in [-0.1, -0.05) is 35.3 Å². The van der Waals surface area contributed by atoms with Crippen LogP contribution >= 0.6 is 23.2 Å². The Morgan fingerprint density at radius 2 is 1.73 bits per heavy atom. The zero-order chi connectivity index (χ0) is 26.4. The molecule has 3 aromatic carbocycles. The average Bonchev–Trinajstić information content (AvgIpc) is 3.42. The first-order valence-corrected chi connectivity index (χ1v) is 11.9. The van der Waals surface area contributed by atoms with Crippen molar-refractivity contribution in [2.24, 2.45) is 0 Å². The number of hydrogen-bond acceptors (Lipinski definition) is 6. The minimum Gasteiger partial charge on any atom is -0.507 e. The normalized spacial score (nSPS) is 17.0. The smallest absolute Gasteiger partial charge is 0.302 e. The number of nitrogens with one attached hydrogen (secondary N) is 1. The van der Waals surface area contributed by atoms with Gasteiger partial charge in [0.05, 0.1) is 46.9 Å². The fourth-order valence-corrected chi connectivity index (χ4v) is 4.71. The molecule has 1 aliphatic rings. The summed E-state index contributed by atoms with van der Waals surface area (Å²) in [7, 11) is 2.99. The number of nitrogens with zero attached hydrogens (tertiary/aromatic N) is 2. The summed E-state index contributed by atoms with van der Waals surface area (Å²) < 4.78 is 10.8. The van der Waals surface area contributed by atoms with Crippen molar-refractivity contribution in [1.29, 1.82) is 0 Å². The molecule has 2 N–H and O–H groups in total. The number of imidazole rings is 1. The number of aromatic amines is 1. The van der Waals surface area contributed by atoms with E-state index in [1.165, 1.54) is 37.3 Å². The first kappa shape index (κ1) is 24.7. The highest BCUT2D eigenvalue weighted by Gasteiger charge is 2.48. The van der Waals surface area contributed by atoms with Gasteiger partial charge in [-0.2, -0.15) is 0 Å². The van der Waals surface area contributed by atoms with Crippen molar-refractivity contribution in [2.45, 2.75) is 13.0 Å². The molecule has 1 atom stereocenters. The van der Waals surface area contributed by atoms with E-state index < -0.39 is 23.5 Å². The lowest BCUT2D eigenvalue weighted by Gasteiger charge is -2.24. The number of aliphatic hydroxyl groups excluding tert-OH is 1. The van der Waals surface area contributed by atoms with Crippen molar-refractivity contribution in [3.8, 4) is 11.5 Å². The lowest BCUT2D eigenvalue weighted by molar-refractivity contribution is -0.132. The molecule has 8 nitrogen and oxygen atoms in total. The lowest BCUT2D eigenvalue weighted by Crippen LogP contribution is -2.30. The SMILES string of the molecule is COc1ccc(C2/C(=C(\O)c3ccc(Cl)c(Cl)c3)C(=O)C(=O)N2c2nc3ccc(C)cc3[nH]2)cc1OC. The van der Waals surface area contributed by atoms with Gasteiger partial charge >= 0.3 is 5.91 Å². The van der Waals surface area contributed by atoms with E-state index in [2.05, 4.69) is 9.97 Å². The molecule has 4 aromatic rings. The number of rotatable bonds is 5. The van der Waals surface area contributed by atoms with Gasteiger partial charge in [0.25, 0.3) is 5.78 Å². The van der Waals surface area contributed by atoms with Crippen molar-refractivity contribution < 1.29 is 24.2 Å². The quantitative estimate of drug-likeness (QED) is 0.189. The first-order chi connectivity index (χ1) is 17.7. The molecule has 1 aromatic heterocycles. The molecule has 1 unspecified atom stereocenters. The number of H-pyrrole nitrogens is 1. The standard InChI is InChI=1S/C27H21Cl2N3O5/c1-13-4-8-18-19(10-13)31-27(30-18)32-23(14-6-9-20(36-2)21(12-14)37-3)22(25(34)26(32)35)24(33)15-5-7-16(28)17(29)11-15/h4-12,23,33H,1-3H3,(H,30,31)/b24-22+. The molecular weight excluding hydrogens is 517 g/mol. The molecule has 37 heavy (non-hydrogen) atoms. The van der Waals surface area contributed by atoms with Crippen LogP contribution in [0.2, 0.25) is 10.0 Å². The number of carbonyl (C=O) groups is 2. The molecule has 0 radical (unpaired) electrons. The third-order valence-electron chi connectivity index (χ3n) is 6.21. The van der Waals surface area contributed by atoms with Crippen LogP contribution in [0, 0.1) is 6.92 Å². The van der Waals surface area contributed by atoms with E-state index in [0.29, 0.717) is 28.1 Å². The minimum atomic E-state index is -1.03. The van der Waals surface area contributed by atoms with Gasteiger partial charge in [-0.25, -0.2) is 4.98 Å². The molecule has 0 saturated carbocycles. The molecule has 0 aliphatic carbocycles. The first-order valence-electron chi connectivity index (χ1n) is 11.2. The zero-order valence-electron chi connectivity index (χ0n) is 20.0. The summed E-state index contributed by atoms with van der Waals surface area (Å²) in [5, 5.41) is 11.8. The van der Waals surface area contributed by atoms with Crippen molar-refractivity contribution in [3.63, 3.8) is 0 Å². The van der Waals surface area contributed by atoms with Crippen LogP contribution in [-0.2, 0) is 9.59 Å². The summed E-state index contributed by atoms with van der Waals surface area (Å²) in [5.41, 5.74) is 2.92. The van der Waals surface area contributed by atoms with Gasteiger partial charge in [0.2, 0.25) is 5.95 Å². The van der Waals surface area contributed by atoms with Crippen LogP contribution in [0.25, 0.3) is 16.8 Å². The van der Waals surface area contributed by atoms with Gasteiger partial charge in [-0.05, 0) is 60.5 Å². The summed E-state index contributed by atoms with van der Waals surface area (Å²) in [6.07, 6.45) is 0. The predicted octanol–water partition coefficient (Wildman–Crippen LogP) is 5.82. The number of Topliss-reactive ketones (excluding diaryl/α,β-unsaturated/α-hetero) is 1. The van der Waals surface area contributed by atoms with Gasteiger partial charge in [-0.3, -0.25) is 14.5 Å². The number of halogens is 2. The molecule has 2 heterocycles. The Labute approximate surface area is 222 Å². The van der Waals surface area contributed by atoms with Crippen molar-refractivity contribution in [2.75, 3.05) is 19.1 Å². The molecule has 0 spiro atoms. The largest absolute Gasteiger partial charge is 0.507 e. The fourth-order valence-electron chi connectivity index (χ4n) is 4.41. The third kappa shape index (κ3) is 4.18. The number of anilines is 1. The number of methoxy groups -OCH3 is 2. The molecule has 5 rings (SSSR count). The van der Waals surface area contributed by atoms with E-state index in [9.17, 15) is 14.7 Å². The predicted molar refractivity (Wildman–Crippen MR) is 142 cm³/mol. The lowest BCUT2D eigenvalue weighted by atomic mass is 9.95. The Kier molecular flexibility index (Phi) is 6.31. The van der Waals surface area contributed by atoms with E-state index in [-0.39, 0.29) is 27.1 Å². The Morgan fingerprint density at radius 1 is 0.973 bits per heavy atom. The fraction of sp³-hybridized carbons (Fsp3) is 0.148. The second-order valence-corrected chi connectivity index (χ2v) is 9.31. The van der Waals surface area contributed by atoms with Crippen LogP contribution in [0.4, 0.5) is 5.95 Å². The van der Waals surface area contributed by atoms with E-state index in [4.69, 9.17) is 32.7 Å². The molecular formula is C27H21Cl2N3O5. The number of ketones is 1. The number of aromatic nitrogens is 2. The number of ether oxygens (including phenoxy) is 2. The van der Waals surface area contributed by atoms with Crippen LogP contribution in [0.1, 0.15) is 22.7 Å². The highest BCUT2D eigenvalue weighted by molar-refractivity contribution is 6.51. The Balaban J connectivity index is 1.76. The Morgan fingerprint density at radius 3 is 2.43 bits per heavy atom. The summed E-state index contributed by atoms with van der Waals surface area (Å²) in [6.45, 7) is 1.94. The van der Waals surface area contributed by atoms with Crippen LogP contribution in [0.5, 0.6) is 11.5 Å². The zero-order valence-corrected chi connectivity index (χ0v) is 21.5. The summed E-state index contributed by atoms with van der Waals surface area (Å²) in [4.78, 5) is 35.8. The summed E-state index contributed by atoms with van der Waals surface area (Å²) >= 11 is 12.2. The van der Waals surface area contributed by atoms with Gasteiger partial charge in [0.15, 0.2) is 11.5 Å². The van der Waals surface area contributed by atoms with E-state index in [0.717, 1.165) is 5.56 Å². The van der Waals surface area contributed by atoms with Crippen molar-refractivity contribution in [1.82, 2.24) is 9.97 Å². The Hall–Kier alpha value is -4.01. The van der Waals surface area contributed by atoms with Crippen molar-refractivity contribution >= 4 is 57.6 Å². The van der Waals surface area contributed by atoms with E-state index >= 15 is 0 Å². The average molecular weight is 538 g/mol. The van der Waals surface area contributed by atoms with Crippen molar-refractivity contribution in [3.05, 3.63) is 86.9 Å². The monoisotopic (exact) mass is 537 g/mol. The second kappa shape index (κ2) is 9.46. The molecule has 1 amide bonds. The molecule has 0 bridgehead atoms. The number of benzene rings is 3. The molecule has 1 fully saturated rings. The number of amides is 1. The van der Waals surface area contributed by atoms with Crippen LogP contribution in [0.3, 0.4) is 0 Å².